The van der Waals surface area contributed by atoms with E-state index in [0.717, 1.165) is 5.56 Å². The molecule has 0 saturated carbocycles. The first kappa shape index (κ1) is 12.9. The highest BCUT2D eigenvalue weighted by atomic mass is 35.5. The molecule has 0 aliphatic heterocycles. The minimum Gasteiger partial charge on any atom is -0.495 e. The number of hydrogen-bond acceptors (Lipinski definition) is 2. The smallest absolute Gasteiger partial charge is 0.142 e. The molecule has 0 aliphatic carbocycles. The third-order valence-corrected chi connectivity index (χ3v) is 2.93. The third-order valence-electron chi connectivity index (χ3n) is 2.12. The molecule has 0 spiro atoms. The largest absolute Gasteiger partial charge is 0.495 e. The quantitative estimate of drug-likeness (QED) is 0.844. The molecule has 0 radical (unpaired) electrons. The Morgan fingerprint density at radius 3 is 2.53 bits per heavy atom. The van der Waals surface area contributed by atoms with Crippen LogP contribution >= 0.6 is 34.8 Å². The summed E-state index contributed by atoms with van der Waals surface area (Å²) in [5, 5.41) is 4.13. The van der Waals surface area contributed by atoms with E-state index in [4.69, 9.17) is 39.5 Å². The van der Waals surface area contributed by atoms with Crippen molar-refractivity contribution in [1.29, 1.82) is 0 Å². The molecule has 1 atom stereocenters. The Kier molecular flexibility index (Phi) is 5.00. The molecule has 0 heterocycles. The van der Waals surface area contributed by atoms with Gasteiger partial charge in [0.1, 0.15) is 5.75 Å². The monoisotopic (exact) mass is 267 g/mol. The van der Waals surface area contributed by atoms with Crippen molar-refractivity contribution < 1.29 is 4.74 Å². The van der Waals surface area contributed by atoms with Crippen LogP contribution in [0.15, 0.2) is 12.1 Å². The van der Waals surface area contributed by atoms with Crippen LogP contribution in [0.2, 0.25) is 10.0 Å². The maximum Gasteiger partial charge on any atom is 0.142 e. The molecule has 1 rings (SSSR count). The summed E-state index contributed by atoms with van der Waals surface area (Å²) in [7, 11) is 3.39. The summed E-state index contributed by atoms with van der Waals surface area (Å²) >= 11 is 17.8. The molecule has 0 fully saturated rings. The van der Waals surface area contributed by atoms with Gasteiger partial charge in [-0.1, -0.05) is 23.2 Å². The molecule has 15 heavy (non-hydrogen) atoms. The molecule has 1 unspecified atom stereocenters. The lowest BCUT2D eigenvalue weighted by Gasteiger charge is -2.18. The molecule has 2 nitrogen and oxygen atoms in total. The van der Waals surface area contributed by atoms with Gasteiger partial charge < -0.3 is 10.1 Å². The Bertz CT molecular complexity index is 340. The van der Waals surface area contributed by atoms with Gasteiger partial charge in [-0.05, 0) is 19.2 Å². The zero-order valence-electron chi connectivity index (χ0n) is 8.48. The number of alkyl halides is 1. The van der Waals surface area contributed by atoms with Crippen LogP contribution in [0.25, 0.3) is 0 Å². The summed E-state index contributed by atoms with van der Waals surface area (Å²) in [6, 6.07) is 3.42. The molecular formula is C10H12Cl3NO. The second-order valence-electron chi connectivity index (χ2n) is 3.01. The Hall–Kier alpha value is -0.150. The molecule has 0 aromatic heterocycles. The summed E-state index contributed by atoms with van der Waals surface area (Å²) in [5.74, 6) is 1.03. The Morgan fingerprint density at radius 2 is 2.07 bits per heavy atom. The lowest BCUT2D eigenvalue weighted by atomic mass is 10.1. The predicted molar refractivity (Wildman–Crippen MR) is 65.5 cm³/mol. The van der Waals surface area contributed by atoms with Crippen molar-refractivity contribution in [3.05, 3.63) is 27.7 Å². The Morgan fingerprint density at radius 1 is 1.40 bits per heavy atom. The fourth-order valence-corrected chi connectivity index (χ4v) is 2.28. The number of benzene rings is 1. The predicted octanol–water partition coefficient (Wildman–Crippen LogP) is 3.50. The van der Waals surface area contributed by atoms with E-state index >= 15 is 0 Å². The van der Waals surface area contributed by atoms with Gasteiger partial charge in [0.05, 0.1) is 12.1 Å². The van der Waals surface area contributed by atoms with Gasteiger partial charge in [-0.3, -0.25) is 0 Å². The number of ether oxygens (including phenoxy) is 1. The fraction of sp³-hybridized carbons (Fsp3) is 0.400. The van der Waals surface area contributed by atoms with Gasteiger partial charge in [-0.2, -0.15) is 0 Å². The first-order chi connectivity index (χ1) is 7.13. The molecule has 0 saturated heterocycles. The van der Waals surface area contributed by atoms with Crippen molar-refractivity contribution in [3.63, 3.8) is 0 Å². The maximum atomic E-state index is 6.01. The number of nitrogens with one attached hydrogen (secondary N) is 1. The normalized spacial score (nSPS) is 12.6. The first-order valence-corrected chi connectivity index (χ1v) is 5.69. The van der Waals surface area contributed by atoms with E-state index in [2.05, 4.69) is 5.32 Å². The van der Waals surface area contributed by atoms with E-state index in [0.29, 0.717) is 21.7 Å². The van der Waals surface area contributed by atoms with E-state index in [1.807, 2.05) is 7.05 Å². The van der Waals surface area contributed by atoms with Crippen LogP contribution in [-0.4, -0.2) is 20.0 Å². The zero-order chi connectivity index (χ0) is 11.4. The molecular weight excluding hydrogens is 256 g/mol. The van der Waals surface area contributed by atoms with Crippen molar-refractivity contribution in [2.75, 3.05) is 20.0 Å². The van der Waals surface area contributed by atoms with Crippen molar-refractivity contribution in [2.24, 2.45) is 0 Å². The van der Waals surface area contributed by atoms with Crippen LogP contribution in [0, 0.1) is 0 Å². The highest BCUT2D eigenvalue weighted by Gasteiger charge is 2.17. The topological polar surface area (TPSA) is 21.3 Å². The molecule has 0 bridgehead atoms. The van der Waals surface area contributed by atoms with Crippen molar-refractivity contribution in [1.82, 2.24) is 5.32 Å². The van der Waals surface area contributed by atoms with Crippen molar-refractivity contribution in [2.45, 2.75) is 6.04 Å². The van der Waals surface area contributed by atoms with Crippen LogP contribution in [-0.2, 0) is 0 Å². The van der Waals surface area contributed by atoms with Gasteiger partial charge in [0.2, 0.25) is 0 Å². The Labute approximate surface area is 104 Å². The van der Waals surface area contributed by atoms with Crippen molar-refractivity contribution >= 4 is 34.8 Å². The van der Waals surface area contributed by atoms with Gasteiger partial charge in [0.25, 0.3) is 0 Å². The summed E-state index contributed by atoms with van der Waals surface area (Å²) in [6.45, 7) is 0. The highest BCUT2D eigenvalue weighted by Crippen LogP contribution is 2.35. The first-order valence-electron chi connectivity index (χ1n) is 4.40. The second-order valence-corrected chi connectivity index (χ2v) is 4.16. The highest BCUT2D eigenvalue weighted by molar-refractivity contribution is 6.35. The van der Waals surface area contributed by atoms with Gasteiger partial charge >= 0.3 is 0 Å². The number of methoxy groups -OCH3 is 1. The van der Waals surface area contributed by atoms with Crippen LogP contribution < -0.4 is 10.1 Å². The van der Waals surface area contributed by atoms with Gasteiger partial charge in [0, 0.05) is 22.5 Å². The SMILES string of the molecule is CNC(CCl)c1cc(Cl)cc(Cl)c1OC. The average molecular weight is 269 g/mol. The molecule has 1 aromatic rings. The summed E-state index contributed by atoms with van der Waals surface area (Å²) in [4.78, 5) is 0. The minimum absolute atomic E-state index is 0.0298. The van der Waals surface area contributed by atoms with Crippen LogP contribution in [0.1, 0.15) is 11.6 Å². The van der Waals surface area contributed by atoms with Crippen LogP contribution in [0.5, 0.6) is 5.75 Å². The number of hydrogen-bond donors (Lipinski definition) is 1. The minimum atomic E-state index is -0.0298. The summed E-state index contributed by atoms with van der Waals surface area (Å²) < 4.78 is 5.23. The number of rotatable bonds is 4. The van der Waals surface area contributed by atoms with Gasteiger partial charge in [0.15, 0.2) is 0 Å². The number of halogens is 3. The molecule has 1 aromatic carbocycles. The van der Waals surface area contributed by atoms with Gasteiger partial charge in [-0.25, -0.2) is 0 Å². The average Bonchev–Trinajstić information content (AvgIpc) is 2.19. The van der Waals surface area contributed by atoms with Gasteiger partial charge in [-0.15, -0.1) is 11.6 Å². The molecule has 0 aliphatic rings. The standard InChI is InChI=1S/C10H12Cl3NO/c1-14-9(5-11)7-3-6(12)4-8(13)10(7)15-2/h3-4,9,14H,5H2,1-2H3. The van der Waals surface area contributed by atoms with E-state index in [9.17, 15) is 0 Å². The van der Waals surface area contributed by atoms with Crippen molar-refractivity contribution in [3.8, 4) is 5.75 Å². The van der Waals surface area contributed by atoms with Crippen LogP contribution in [0.3, 0.4) is 0 Å². The van der Waals surface area contributed by atoms with Crippen LogP contribution in [0.4, 0.5) is 0 Å². The third kappa shape index (κ3) is 2.91. The molecule has 1 N–H and O–H groups in total. The van der Waals surface area contributed by atoms with E-state index in [-0.39, 0.29) is 6.04 Å². The second kappa shape index (κ2) is 5.80. The lowest BCUT2D eigenvalue weighted by Crippen LogP contribution is -2.18. The maximum absolute atomic E-state index is 6.01. The van der Waals surface area contributed by atoms with E-state index in [1.54, 1.807) is 19.2 Å². The molecule has 5 heteroatoms. The lowest BCUT2D eigenvalue weighted by molar-refractivity contribution is 0.404. The summed E-state index contributed by atoms with van der Waals surface area (Å²) in [5.41, 5.74) is 0.868. The molecule has 0 amide bonds. The van der Waals surface area contributed by atoms with E-state index < -0.39 is 0 Å². The fourth-order valence-electron chi connectivity index (χ4n) is 1.37. The Balaban J connectivity index is 3.24. The summed E-state index contributed by atoms with van der Waals surface area (Å²) in [6.07, 6.45) is 0. The zero-order valence-corrected chi connectivity index (χ0v) is 10.7. The molecule has 84 valence electrons. The van der Waals surface area contributed by atoms with E-state index in [1.165, 1.54) is 0 Å².